The van der Waals surface area contributed by atoms with Gasteiger partial charge in [0.25, 0.3) is 0 Å². The van der Waals surface area contributed by atoms with Crippen LogP contribution in [-0.2, 0) is 25.4 Å². The van der Waals surface area contributed by atoms with Crippen molar-refractivity contribution in [2.75, 3.05) is 5.94 Å². The highest BCUT2D eigenvalue weighted by Crippen LogP contribution is 2.28. The van der Waals surface area contributed by atoms with Crippen molar-refractivity contribution in [3.8, 4) is 0 Å². The molecule has 0 unspecified atom stereocenters. The molecule has 0 amide bonds. The summed E-state index contributed by atoms with van der Waals surface area (Å²) in [5.41, 5.74) is 2.12. The maximum atomic E-state index is 11.8. The van der Waals surface area contributed by atoms with Crippen LogP contribution < -0.4 is 0 Å². The quantitative estimate of drug-likeness (QED) is 0.466. The Labute approximate surface area is 122 Å². The number of benzene rings is 2. The third-order valence-corrected chi connectivity index (χ3v) is 3.26. The molecule has 4 heteroatoms. The van der Waals surface area contributed by atoms with E-state index in [-0.39, 0.29) is 35.9 Å². The molecule has 0 bridgehead atoms. The monoisotopic (exact) mass is 287 g/mol. The number of carbonyl (C=O) groups is 1. The van der Waals surface area contributed by atoms with E-state index < -0.39 is 0 Å². The van der Waals surface area contributed by atoms with Crippen LogP contribution in [0.4, 0.5) is 0 Å². The molecule has 2 aromatic rings. The SMILES string of the molecule is O=[S+]COC(=O)CC(c1ccccc1)c1ccccc1. The molecule has 0 saturated heterocycles. The van der Waals surface area contributed by atoms with Crippen molar-refractivity contribution in [2.24, 2.45) is 0 Å². The molecular weight excluding hydrogens is 272 g/mol. The van der Waals surface area contributed by atoms with Crippen LogP contribution in [0.3, 0.4) is 0 Å². The molecule has 0 N–H and O–H groups in total. The standard InChI is InChI=1S/C16H15O3S/c17-16(19-12-20-18)11-15(13-7-3-1-4-8-13)14-9-5-2-6-10-14/h1-10,15H,11-12H2/q+1. The number of carbonyl (C=O) groups excluding carboxylic acids is 1. The van der Waals surface area contributed by atoms with Crippen molar-refractivity contribution in [3.63, 3.8) is 0 Å². The summed E-state index contributed by atoms with van der Waals surface area (Å²) in [5, 5.41) is 0. The van der Waals surface area contributed by atoms with Gasteiger partial charge in [0, 0.05) is 10.1 Å². The molecule has 0 aliphatic heterocycles. The minimum Gasteiger partial charge on any atom is -0.406 e. The zero-order chi connectivity index (χ0) is 14.2. The summed E-state index contributed by atoms with van der Waals surface area (Å²) in [6.07, 6.45) is 0.231. The maximum Gasteiger partial charge on any atom is 0.503 e. The van der Waals surface area contributed by atoms with Crippen LogP contribution in [0, 0.1) is 0 Å². The zero-order valence-corrected chi connectivity index (χ0v) is 11.7. The van der Waals surface area contributed by atoms with Crippen molar-refractivity contribution >= 4 is 17.6 Å². The zero-order valence-electron chi connectivity index (χ0n) is 10.9. The number of hydrogen-bond acceptors (Lipinski definition) is 3. The third kappa shape index (κ3) is 3.96. The molecule has 0 radical (unpaired) electrons. The lowest BCUT2D eigenvalue weighted by atomic mass is 9.89. The van der Waals surface area contributed by atoms with Crippen molar-refractivity contribution in [1.29, 1.82) is 0 Å². The van der Waals surface area contributed by atoms with Crippen molar-refractivity contribution in [1.82, 2.24) is 0 Å². The summed E-state index contributed by atoms with van der Waals surface area (Å²) in [6.45, 7) is 0. The minimum atomic E-state index is -0.356. The van der Waals surface area contributed by atoms with E-state index in [1.165, 1.54) is 0 Å². The van der Waals surface area contributed by atoms with E-state index >= 15 is 0 Å². The molecule has 0 atom stereocenters. The third-order valence-electron chi connectivity index (χ3n) is 3.04. The number of rotatable bonds is 6. The van der Waals surface area contributed by atoms with E-state index in [1.807, 2.05) is 60.7 Å². The first-order chi connectivity index (χ1) is 9.81. The predicted octanol–water partition coefficient (Wildman–Crippen LogP) is 3.14. The van der Waals surface area contributed by atoms with Crippen LogP contribution in [0.25, 0.3) is 0 Å². The van der Waals surface area contributed by atoms with Crippen LogP contribution in [0.1, 0.15) is 23.5 Å². The van der Waals surface area contributed by atoms with E-state index in [9.17, 15) is 9.00 Å². The second-order valence-electron chi connectivity index (χ2n) is 4.33. The summed E-state index contributed by atoms with van der Waals surface area (Å²) >= 11 is 0.256. The Morgan fingerprint density at radius 2 is 1.45 bits per heavy atom. The summed E-state index contributed by atoms with van der Waals surface area (Å²) in [5.74, 6) is -0.553. The first-order valence-corrected chi connectivity index (χ1v) is 7.22. The molecule has 0 fully saturated rings. The molecule has 0 spiro atoms. The smallest absolute Gasteiger partial charge is 0.406 e. The van der Waals surface area contributed by atoms with Gasteiger partial charge in [0.1, 0.15) is 0 Å². The second kappa shape index (κ2) is 7.50. The van der Waals surface area contributed by atoms with Crippen molar-refractivity contribution in [3.05, 3.63) is 71.8 Å². The summed E-state index contributed by atoms with van der Waals surface area (Å²) in [4.78, 5) is 11.8. The Kier molecular flexibility index (Phi) is 5.38. The van der Waals surface area contributed by atoms with E-state index in [0.29, 0.717) is 0 Å². The lowest BCUT2D eigenvalue weighted by molar-refractivity contribution is -0.141. The van der Waals surface area contributed by atoms with Gasteiger partial charge >= 0.3 is 23.6 Å². The van der Waals surface area contributed by atoms with E-state index in [2.05, 4.69) is 0 Å². The molecule has 20 heavy (non-hydrogen) atoms. The molecule has 0 aliphatic rings. The van der Waals surface area contributed by atoms with Crippen LogP contribution in [0.2, 0.25) is 0 Å². The fourth-order valence-corrected chi connectivity index (χ4v) is 2.29. The van der Waals surface area contributed by atoms with Gasteiger partial charge in [-0.2, -0.15) is 0 Å². The van der Waals surface area contributed by atoms with Gasteiger partial charge in [-0.05, 0) is 11.1 Å². The van der Waals surface area contributed by atoms with Crippen LogP contribution >= 0.6 is 0 Å². The van der Waals surface area contributed by atoms with Gasteiger partial charge in [-0.3, -0.25) is 4.79 Å². The second-order valence-corrected chi connectivity index (χ2v) is 4.80. The number of esters is 1. The Morgan fingerprint density at radius 1 is 0.950 bits per heavy atom. The van der Waals surface area contributed by atoms with Gasteiger partial charge in [-0.15, -0.1) is 0 Å². The first-order valence-electron chi connectivity index (χ1n) is 6.31. The molecule has 0 aliphatic carbocycles. The maximum absolute atomic E-state index is 11.8. The molecule has 0 saturated carbocycles. The first kappa shape index (κ1) is 14.3. The molecule has 2 rings (SSSR count). The molecule has 3 nitrogen and oxygen atoms in total. The van der Waals surface area contributed by atoms with Crippen molar-refractivity contribution in [2.45, 2.75) is 12.3 Å². The predicted molar refractivity (Wildman–Crippen MR) is 78.4 cm³/mol. The van der Waals surface area contributed by atoms with Crippen molar-refractivity contribution < 1.29 is 13.7 Å². The van der Waals surface area contributed by atoms with Gasteiger partial charge in [0.05, 0.1) is 6.42 Å². The average molecular weight is 287 g/mol. The highest BCUT2D eigenvalue weighted by atomic mass is 32.1. The van der Waals surface area contributed by atoms with Gasteiger partial charge < -0.3 is 4.74 Å². The van der Waals surface area contributed by atoms with Gasteiger partial charge in [0.15, 0.2) is 0 Å². The molecule has 0 aromatic heterocycles. The van der Waals surface area contributed by atoms with E-state index in [4.69, 9.17) is 4.74 Å². The normalized spacial score (nSPS) is 10.2. The van der Waals surface area contributed by atoms with Crippen LogP contribution in [0.5, 0.6) is 0 Å². The lowest BCUT2D eigenvalue weighted by Crippen LogP contribution is -2.12. The van der Waals surface area contributed by atoms with E-state index in [1.54, 1.807) is 0 Å². The summed E-state index contributed by atoms with van der Waals surface area (Å²) in [7, 11) is 0. The molecule has 2 aromatic carbocycles. The Morgan fingerprint density at radius 3 is 1.90 bits per heavy atom. The average Bonchev–Trinajstić information content (AvgIpc) is 2.52. The van der Waals surface area contributed by atoms with Gasteiger partial charge in [-0.1, -0.05) is 60.7 Å². The Bertz CT molecular complexity index is 515. The molecule has 102 valence electrons. The fraction of sp³-hybridized carbons (Fsp3) is 0.188. The fourth-order valence-electron chi connectivity index (χ4n) is 2.11. The summed E-state index contributed by atoms with van der Waals surface area (Å²) in [6, 6.07) is 19.7. The Hall–Kier alpha value is -2.07. The number of hydrogen-bond donors (Lipinski definition) is 0. The van der Waals surface area contributed by atoms with Crippen LogP contribution in [0.15, 0.2) is 60.7 Å². The summed E-state index contributed by atoms with van der Waals surface area (Å²) < 4.78 is 15.2. The molecule has 0 heterocycles. The van der Waals surface area contributed by atoms with Crippen LogP contribution in [-0.4, -0.2) is 11.9 Å². The number of ether oxygens (including phenoxy) is 1. The highest BCUT2D eigenvalue weighted by Gasteiger charge is 2.19. The lowest BCUT2D eigenvalue weighted by Gasteiger charge is -2.16. The van der Waals surface area contributed by atoms with Gasteiger partial charge in [-0.25, -0.2) is 0 Å². The highest BCUT2D eigenvalue weighted by molar-refractivity contribution is 7.65. The topological polar surface area (TPSA) is 43.4 Å². The Balaban J connectivity index is 2.21. The van der Waals surface area contributed by atoms with E-state index in [0.717, 1.165) is 11.1 Å². The molecular formula is C16H15O3S+. The minimum absolute atomic E-state index is 0.0541. The van der Waals surface area contributed by atoms with Gasteiger partial charge in [0.2, 0.25) is 0 Å². The largest absolute Gasteiger partial charge is 0.503 e.